The topological polar surface area (TPSA) is 69.1 Å². The second kappa shape index (κ2) is 5.58. The van der Waals surface area contributed by atoms with Crippen LogP contribution in [0.1, 0.15) is 0 Å². The van der Waals surface area contributed by atoms with Gasteiger partial charge in [-0.25, -0.2) is 18.9 Å². The largest absolute Gasteiger partial charge is 0.396 e. The first-order valence-corrected chi connectivity index (χ1v) is 7.53. The van der Waals surface area contributed by atoms with E-state index in [1.165, 1.54) is 6.07 Å². The van der Waals surface area contributed by atoms with Crippen LogP contribution in [-0.4, -0.2) is 19.6 Å². The lowest BCUT2D eigenvalue weighted by molar-refractivity contribution is 0.632. The minimum absolute atomic E-state index is 0.0660. The van der Waals surface area contributed by atoms with Gasteiger partial charge in [0.1, 0.15) is 11.5 Å². The highest BCUT2D eigenvalue weighted by Crippen LogP contribution is 2.35. The van der Waals surface area contributed by atoms with Gasteiger partial charge in [0, 0.05) is 18.0 Å². The van der Waals surface area contributed by atoms with Crippen LogP contribution in [0.4, 0.5) is 10.1 Å². The Kier molecular flexibility index (Phi) is 3.39. The molecule has 0 saturated heterocycles. The molecule has 3 aromatic heterocycles. The van der Waals surface area contributed by atoms with E-state index >= 15 is 0 Å². The number of nitrogens with zero attached hydrogens (tertiary/aromatic N) is 4. The van der Waals surface area contributed by atoms with Crippen LogP contribution < -0.4 is 5.73 Å². The highest BCUT2D eigenvalue weighted by Gasteiger charge is 2.18. The molecule has 5 nitrogen and oxygen atoms in total. The summed E-state index contributed by atoms with van der Waals surface area (Å²) in [6.07, 6.45) is 3.41. The van der Waals surface area contributed by atoms with Gasteiger partial charge in [-0.15, -0.1) is 0 Å². The third-order valence-corrected chi connectivity index (χ3v) is 3.87. The fraction of sp³-hybridized carbons (Fsp3) is 0. The van der Waals surface area contributed by atoms with E-state index in [9.17, 15) is 4.39 Å². The van der Waals surface area contributed by atoms with Crippen molar-refractivity contribution < 1.29 is 4.39 Å². The number of hydrogen-bond acceptors (Lipinski definition) is 4. The molecule has 0 aliphatic rings. The number of aromatic nitrogens is 4. The van der Waals surface area contributed by atoms with Crippen LogP contribution in [0.3, 0.4) is 0 Å². The molecular formula is C17H11ClFN5. The second-order valence-electron chi connectivity index (χ2n) is 5.20. The van der Waals surface area contributed by atoms with Crippen molar-refractivity contribution in [2.24, 2.45) is 0 Å². The van der Waals surface area contributed by atoms with Crippen LogP contribution >= 0.6 is 11.6 Å². The molecule has 0 atom stereocenters. The standard InChI is InChI=1S/C17H11ClFN5/c18-17-21-7-6-13(22-17)15-14-3-1-2-8-24(14)23-16(15)10-4-5-11(19)12(20)9-10/h1-9H,20H2. The lowest BCUT2D eigenvalue weighted by Gasteiger charge is -2.05. The first kappa shape index (κ1) is 14.6. The first-order chi connectivity index (χ1) is 11.6. The maximum absolute atomic E-state index is 13.5. The fourth-order valence-corrected chi connectivity index (χ4v) is 2.77. The van der Waals surface area contributed by atoms with Gasteiger partial charge in [-0.05, 0) is 48.0 Å². The van der Waals surface area contributed by atoms with Gasteiger partial charge in [0.25, 0.3) is 0 Å². The van der Waals surface area contributed by atoms with Crippen LogP contribution in [0.5, 0.6) is 0 Å². The van der Waals surface area contributed by atoms with Crippen molar-refractivity contribution in [3.8, 4) is 22.5 Å². The monoisotopic (exact) mass is 339 g/mol. The van der Waals surface area contributed by atoms with Crippen LogP contribution in [0.2, 0.25) is 5.28 Å². The van der Waals surface area contributed by atoms with Crippen LogP contribution in [-0.2, 0) is 0 Å². The molecule has 0 aliphatic heterocycles. The SMILES string of the molecule is Nc1cc(-c2nn3ccccc3c2-c2ccnc(Cl)n2)ccc1F. The Hall–Kier alpha value is -2.99. The normalized spacial score (nSPS) is 11.1. The van der Waals surface area contributed by atoms with Gasteiger partial charge in [-0.2, -0.15) is 5.10 Å². The summed E-state index contributed by atoms with van der Waals surface area (Å²) < 4.78 is 15.2. The van der Waals surface area contributed by atoms with Crippen molar-refractivity contribution in [3.63, 3.8) is 0 Å². The van der Waals surface area contributed by atoms with E-state index in [4.69, 9.17) is 17.3 Å². The summed E-state index contributed by atoms with van der Waals surface area (Å²) in [6, 6.07) is 12.0. The number of halogens is 2. The number of nitrogens with two attached hydrogens (primary N) is 1. The predicted molar refractivity (Wildman–Crippen MR) is 91.0 cm³/mol. The summed E-state index contributed by atoms with van der Waals surface area (Å²) in [5.74, 6) is -0.464. The minimum atomic E-state index is -0.464. The maximum atomic E-state index is 13.5. The van der Waals surface area contributed by atoms with E-state index in [2.05, 4.69) is 15.1 Å². The molecular weight excluding hydrogens is 329 g/mol. The zero-order chi connectivity index (χ0) is 16.7. The van der Waals surface area contributed by atoms with E-state index in [-0.39, 0.29) is 11.0 Å². The fourth-order valence-electron chi connectivity index (χ4n) is 2.62. The van der Waals surface area contributed by atoms with Gasteiger partial charge in [-0.3, -0.25) is 0 Å². The van der Waals surface area contributed by atoms with Gasteiger partial charge in [-0.1, -0.05) is 6.07 Å². The molecule has 4 rings (SSSR count). The Bertz CT molecular complexity index is 1060. The number of anilines is 1. The summed E-state index contributed by atoms with van der Waals surface area (Å²) in [7, 11) is 0. The molecule has 0 fully saturated rings. The van der Waals surface area contributed by atoms with Crippen molar-refractivity contribution in [2.75, 3.05) is 5.73 Å². The summed E-state index contributed by atoms with van der Waals surface area (Å²) in [6.45, 7) is 0. The quantitative estimate of drug-likeness (QED) is 0.445. The average Bonchev–Trinajstić information content (AvgIpc) is 2.97. The van der Waals surface area contributed by atoms with Gasteiger partial charge in [0.05, 0.1) is 22.5 Å². The zero-order valence-corrected chi connectivity index (χ0v) is 13.1. The number of nitrogen functional groups attached to an aromatic ring is 1. The van der Waals surface area contributed by atoms with E-state index in [0.29, 0.717) is 17.0 Å². The summed E-state index contributed by atoms with van der Waals surface area (Å²) in [4.78, 5) is 8.20. The van der Waals surface area contributed by atoms with E-state index in [0.717, 1.165) is 11.1 Å². The Balaban J connectivity index is 2.05. The Morgan fingerprint density at radius 1 is 1.12 bits per heavy atom. The third-order valence-electron chi connectivity index (χ3n) is 3.69. The Morgan fingerprint density at radius 2 is 2.00 bits per heavy atom. The van der Waals surface area contributed by atoms with Crippen LogP contribution in [0, 0.1) is 5.82 Å². The minimum Gasteiger partial charge on any atom is -0.396 e. The van der Waals surface area contributed by atoms with Gasteiger partial charge in [0.15, 0.2) is 0 Å². The van der Waals surface area contributed by atoms with E-state index in [1.54, 1.807) is 28.9 Å². The number of rotatable bonds is 2. The van der Waals surface area contributed by atoms with Crippen LogP contribution in [0.25, 0.3) is 28.0 Å². The molecule has 0 aliphatic carbocycles. The molecule has 3 heterocycles. The highest BCUT2D eigenvalue weighted by molar-refractivity contribution is 6.28. The number of pyridine rings is 1. The highest BCUT2D eigenvalue weighted by atomic mass is 35.5. The molecule has 24 heavy (non-hydrogen) atoms. The molecule has 4 aromatic rings. The Labute approximate surface area is 141 Å². The summed E-state index contributed by atoms with van der Waals surface area (Å²) >= 11 is 5.94. The number of benzene rings is 1. The molecule has 0 unspecified atom stereocenters. The molecule has 7 heteroatoms. The lowest BCUT2D eigenvalue weighted by Crippen LogP contribution is -1.93. The van der Waals surface area contributed by atoms with Gasteiger partial charge < -0.3 is 5.73 Å². The third kappa shape index (κ3) is 2.37. The molecule has 0 spiro atoms. The molecule has 2 N–H and O–H groups in total. The molecule has 118 valence electrons. The summed E-state index contributed by atoms with van der Waals surface area (Å²) in [5.41, 5.74) is 9.38. The smallest absolute Gasteiger partial charge is 0.222 e. The molecule has 1 aromatic carbocycles. The molecule has 0 radical (unpaired) electrons. The molecule has 0 saturated carbocycles. The van der Waals surface area contributed by atoms with E-state index < -0.39 is 5.82 Å². The summed E-state index contributed by atoms with van der Waals surface area (Å²) in [5, 5.41) is 4.74. The maximum Gasteiger partial charge on any atom is 0.222 e. The van der Waals surface area contributed by atoms with Gasteiger partial charge in [0.2, 0.25) is 5.28 Å². The average molecular weight is 340 g/mol. The van der Waals surface area contributed by atoms with Crippen LogP contribution in [0.15, 0.2) is 54.9 Å². The van der Waals surface area contributed by atoms with Crippen molar-refractivity contribution >= 4 is 22.8 Å². The van der Waals surface area contributed by atoms with Crippen molar-refractivity contribution in [1.82, 2.24) is 19.6 Å². The number of hydrogen-bond donors (Lipinski definition) is 1. The zero-order valence-electron chi connectivity index (χ0n) is 12.3. The van der Waals surface area contributed by atoms with Gasteiger partial charge >= 0.3 is 0 Å². The number of fused-ring (bicyclic) bond motifs is 1. The molecule has 0 bridgehead atoms. The van der Waals surface area contributed by atoms with E-state index in [1.807, 2.05) is 24.4 Å². The van der Waals surface area contributed by atoms with Crippen molar-refractivity contribution in [2.45, 2.75) is 0 Å². The first-order valence-electron chi connectivity index (χ1n) is 7.15. The van der Waals surface area contributed by atoms with Crippen molar-refractivity contribution in [3.05, 3.63) is 66.0 Å². The predicted octanol–water partition coefficient (Wildman–Crippen LogP) is 3.83. The lowest BCUT2D eigenvalue weighted by atomic mass is 10.0. The van der Waals surface area contributed by atoms with Crippen molar-refractivity contribution in [1.29, 1.82) is 0 Å². The Morgan fingerprint density at radius 3 is 2.79 bits per heavy atom. The second-order valence-corrected chi connectivity index (χ2v) is 5.54. The molecule has 0 amide bonds.